The van der Waals surface area contributed by atoms with E-state index in [9.17, 15) is 14.7 Å². The molecule has 11 nitrogen and oxygen atoms in total. The molecule has 0 spiro atoms. The summed E-state index contributed by atoms with van der Waals surface area (Å²) in [4.78, 5) is 40.5. The molecule has 1 aromatic carbocycles. The van der Waals surface area contributed by atoms with Gasteiger partial charge in [0, 0.05) is 55.1 Å². The molecule has 6 rings (SSSR count). The second kappa shape index (κ2) is 10.3. The van der Waals surface area contributed by atoms with Crippen LogP contribution in [0, 0.1) is 0 Å². The van der Waals surface area contributed by atoms with E-state index < -0.39 is 6.09 Å². The molecule has 2 saturated heterocycles. The van der Waals surface area contributed by atoms with Gasteiger partial charge in [0.25, 0.3) is 0 Å². The lowest BCUT2D eigenvalue weighted by atomic mass is 10.0. The first-order valence-electron chi connectivity index (χ1n) is 12.5. The number of nitrogens with zero attached hydrogens (tertiary/aromatic N) is 5. The summed E-state index contributed by atoms with van der Waals surface area (Å²) in [5.41, 5.74) is 3.99. The number of carbonyl (C=O) groups is 2. The van der Waals surface area contributed by atoms with Gasteiger partial charge in [-0.05, 0) is 30.3 Å². The van der Waals surface area contributed by atoms with Crippen molar-refractivity contribution >= 4 is 51.9 Å². The fraction of sp³-hybridized carbons (Fsp3) is 0.385. The Morgan fingerprint density at radius 2 is 2.08 bits per heavy atom. The quantitative estimate of drug-likeness (QED) is 0.443. The van der Waals surface area contributed by atoms with Crippen molar-refractivity contribution < 1.29 is 24.2 Å². The summed E-state index contributed by atoms with van der Waals surface area (Å²) >= 11 is 1.48. The monoisotopic (exact) mass is 536 g/mol. The number of aromatic nitrogens is 2. The van der Waals surface area contributed by atoms with E-state index in [0.717, 1.165) is 34.7 Å². The summed E-state index contributed by atoms with van der Waals surface area (Å²) in [6.07, 6.45) is 1.03. The number of thioether (sulfide) groups is 1. The third-order valence-electron chi connectivity index (χ3n) is 7.07. The molecule has 3 aliphatic heterocycles. The Labute approximate surface area is 223 Å². The van der Waals surface area contributed by atoms with E-state index in [1.807, 2.05) is 30.3 Å². The predicted molar refractivity (Wildman–Crippen MR) is 144 cm³/mol. The van der Waals surface area contributed by atoms with Crippen molar-refractivity contribution in [3.8, 4) is 5.88 Å². The molecule has 0 aliphatic carbocycles. The fourth-order valence-corrected chi connectivity index (χ4v) is 5.91. The predicted octanol–water partition coefficient (Wildman–Crippen LogP) is 2.19. The topological polar surface area (TPSA) is 120 Å². The van der Waals surface area contributed by atoms with Crippen LogP contribution in [0.15, 0.2) is 47.5 Å². The highest BCUT2D eigenvalue weighted by atomic mass is 32.2. The largest absolute Gasteiger partial charge is 0.481 e. The Kier molecular flexibility index (Phi) is 6.68. The van der Waals surface area contributed by atoms with Crippen molar-refractivity contribution in [1.82, 2.24) is 14.9 Å². The SMILES string of the molecule is COc1ccc2nccc(N3CC(N(CCO)C[C@@H]4CN(c5ccc6c(c5)NC(=O)CS6)C(=O)O4)C3)c2n1. The molecule has 5 heterocycles. The third kappa shape index (κ3) is 4.70. The van der Waals surface area contributed by atoms with Crippen LogP contribution in [0.2, 0.25) is 0 Å². The Bertz CT molecular complexity index is 1380. The summed E-state index contributed by atoms with van der Waals surface area (Å²) in [5, 5.41) is 12.6. The number of rotatable bonds is 8. The summed E-state index contributed by atoms with van der Waals surface area (Å²) in [5.74, 6) is 0.880. The Balaban J connectivity index is 1.12. The van der Waals surface area contributed by atoms with Gasteiger partial charge in [-0.3, -0.25) is 19.6 Å². The number of hydrogen-bond acceptors (Lipinski definition) is 10. The van der Waals surface area contributed by atoms with Crippen LogP contribution in [0.1, 0.15) is 0 Å². The van der Waals surface area contributed by atoms with Crippen molar-refractivity contribution in [2.24, 2.45) is 0 Å². The third-order valence-corrected chi connectivity index (χ3v) is 8.15. The Morgan fingerprint density at radius 1 is 1.21 bits per heavy atom. The number of methoxy groups -OCH3 is 1. The van der Waals surface area contributed by atoms with Crippen LogP contribution in [0.5, 0.6) is 5.88 Å². The molecule has 2 N–H and O–H groups in total. The summed E-state index contributed by atoms with van der Waals surface area (Å²) in [6, 6.07) is 11.5. The maximum absolute atomic E-state index is 12.7. The van der Waals surface area contributed by atoms with Gasteiger partial charge in [0.15, 0.2) is 0 Å². The minimum atomic E-state index is -0.410. The second-order valence-electron chi connectivity index (χ2n) is 9.46. The number of cyclic esters (lactones) is 1. The van der Waals surface area contributed by atoms with Crippen molar-refractivity contribution in [2.75, 3.05) is 67.3 Å². The number of nitrogens with one attached hydrogen (secondary N) is 1. The van der Waals surface area contributed by atoms with E-state index in [1.54, 1.807) is 24.3 Å². The number of carbonyl (C=O) groups excluding carboxylic acids is 2. The Hall–Kier alpha value is -3.61. The zero-order valence-corrected chi connectivity index (χ0v) is 21.7. The van der Waals surface area contributed by atoms with E-state index in [0.29, 0.717) is 42.6 Å². The second-order valence-corrected chi connectivity index (χ2v) is 10.5. The normalized spacial score (nSPS) is 19.4. The molecule has 3 aromatic rings. The maximum Gasteiger partial charge on any atom is 0.414 e. The van der Waals surface area contributed by atoms with Crippen molar-refractivity contribution in [3.05, 3.63) is 42.6 Å². The molecule has 38 heavy (non-hydrogen) atoms. The van der Waals surface area contributed by atoms with E-state index in [4.69, 9.17) is 9.47 Å². The lowest BCUT2D eigenvalue weighted by molar-refractivity contribution is -0.113. The molecule has 198 valence electrons. The van der Waals surface area contributed by atoms with Crippen LogP contribution in [0.25, 0.3) is 11.0 Å². The number of amides is 2. The standard InChI is InChI=1S/C26H28N6O5S/c1-36-24-5-3-19-25(29-24)21(6-7-27-19)31-11-17(12-31)30(8-9-33)13-18-14-32(26(35)37-18)16-2-4-22-20(10-16)28-23(34)15-38-22/h2-7,10,17-18,33H,8-9,11-15H2,1H3,(H,28,34)/t18-/m1/s1. The number of benzene rings is 1. The highest BCUT2D eigenvalue weighted by molar-refractivity contribution is 8.00. The zero-order chi connectivity index (χ0) is 26.2. The van der Waals surface area contributed by atoms with Gasteiger partial charge in [-0.25, -0.2) is 9.78 Å². The van der Waals surface area contributed by atoms with Crippen molar-refractivity contribution in [1.29, 1.82) is 0 Å². The molecule has 0 bridgehead atoms. The van der Waals surface area contributed by atoms with Gasteiger partial charge in [-0.2, -0.15) is 0 Å². The molecule has 1 atom stereocenters. The van der Waals surface area contributed by atoms with E-state index >= 15 is 0 Å². The first-order valence-corrected chi connectivity index (χ1v) is 13.5. The van der Waals surface area contributed by atoms with Crippen molar-refractivity contribution in [2.45, 2.75) is 17.0 Å². The van der Waals surface area contributed by atoms with E-state index in [1.165, 1.54) is 11.8 Å². The molecular weight excluding hydrogens is 508 g/mol. The molecule has 0 radical (unpaired) electrons. The molecule has 3 aliphatic rings. The number of anilines is 3. The summed E-state index contributed by atoms with van der Waals surface area (Å²) in [7, 11) is 1.59. The van der Waals surface area contributed by atoms with E-state index in [2.05, 4.69) is 25.1 Å². The van der Waals surface area contributed by atoms with Crippen LogP contribution in [0.3, 0.4) is 0 Å². The van der Waals surface area contributed by atoms with Gasteiger partial charge in [0.2, 0.25) is 11.8 Å². The fourth-order valence-electron chi connectivity index (χ4n) is 5.12. The number of aliphatic hydroxyl groups excluding tert-OH is 1. The molecular formula is C26H28N6O5S. The van der Waals surface area contributed by atoms with Gasteiger partial charge in [0.1, 0.15) is 11.6 Å². The van der Waals surface area contributed by atoms with Crippen LogP contribution >= 0.6 is 11.8 Å². The average molecular weight is 537 g/mol. The number of hydrogen-bond donors (Lipinski definition) is 2. The molecule has 2 amide bonds. The molecule has 12 heteroatoms. The van der Waals surface area contributed by atoms with Gasteiger partial charge in [0.05, 0.1) is 42.9 Å². The highest BCUT2D eigenvalue weighted by Gasteiger charge is 2.38. The lowest BCUT2D eigenvalue weighted by Gasteiger charge is -2.47. The minimum Gasteiger partial charge on any atom is -0.481 e. The van der Waals surface area contributed by atoms with Crippen LogP contribution in [0.4, 0.5) is 21.9 Å². The van der Waals surface area contributed by atoms with E-state index in [-0.39, 0.29) is 24.7 Å². The number of ether oxygens (including phenoxy) is 2. The first kappa shape index (κ1) is 24.7. The molecule has 2 fully saturated rings. The van der Waals surface area contributed by atoms with Crippen molar-refractivity contribution in [3.63, 3.8) is 0 Å². The first-order chi connectivity index (χ1) is 18.5. The molecule has 0 saturated carbocycles. The highest BCUT2D eigenvalue weighted by Crippen LogP contribution is 2.36. The smallest absolute Gasteiger partial charge is 0.414 e. The number of pyridine rings is 2. The number of fused-ring (bicyclic) bond motifs is 2. The lowest BCUT2D eigenvalue weighted by Crippen LogP contribution is -2.61. The van der Waals surface area contributed by atoms with Crippen LogP contribution in [-0.4, -0.2) is 96.3 Å². The van der Waals surface area contributed by atoms with Gasteiger partial charge in [-0.1, -0.05) is 0 Å². The average Bonchev–Trinajstić information content (AvgIpc) is 3.27. The maximum atomic E-state index is 12.7. The van der Waals surface area contributed by atoms with Gasteiger partial charge < -0.3 is 24.8 Å². The Morgan fingerprint density at radius 3 is 2.89 bits per heavy atom. The summed E-state index contributed by atoms with van der Waals surface area (Å²) in [6.45, 7) is 2.92. The molecule has 2 aromatic heterocycles. The zero-order valence-electron chi connectivity index (χ0n) is 20.9. The summed E-state index contributed by atoms with van der Waals surface area (Å²) < 4.78 is 11.0. The minimum absolute atomic E-state index is 0.0139. The van der Waals surface area contributed by atoms with Crippen LogP contribution in [-0.2, 0) is 9.53 Å². The van der Waals surface area contributed by atoms with Gasteiger partial charge in [-0.15, -0.1) is 11.8 Å². The molecule has 0 unspecified atom stereocenters. The van der Waals surface area contributed by atoms with Gasteiger partial charge >= 0.3 is 6.09 Å². The van der Waals surface area contributed by atoms with Crippen LogP contribution < -0.4 is 19.9 Å². The number of aliphatic hydroxyl groups is 1.